The lowest BCUT2D eigenvalue weighted by Crippen LogP contribution is -2.40. The zero-order valence-corrected chi connectivity index (χ0v) is 9.70. The Morgan fingerprint density at radius 1 is 1.47 bits per heavy atom. The standard InChI is InChI=1S/C10H16F3N3O/c1-7(2)14-8(6-17)5-16-4-3-9(15-16)10(11,12)13/h3-4,7-8,14,17H,5-6H2,1-2H3. The SMILES string of the molecule is CC(C)NC(CO)Cn1ccc(C(F)(F)F)n1. The van der Waals surface area contributed by atoms with Crippen molar-refractivity contribution in [2.75, 3.05) is 6.61 Å². The smallest absolute Gasteiger partial charge is 0.395 e. The Morgan fingerprint density at radius 3 is 2.53 bits per heavy atom. The minimum atomic E-state index is -4.43. The first-order chi connectivity index (χ1) is 7.82. The van der Waals surface area contributed by atoms with E-state index in [0.29, 0.717) is 0 Å². The molecule has 0 aliphatic heterocycles. The highest BCUT2D eigenvalue weighted by Crippen LogP contribution is 2.27. The molecular weight excluding hydrogens is 235 g/mol. The summed E-state index contributed by atoms with van der Waals surface area (Å²) in [4.78, 5) is 0. The topological polar surface area (TPSA) is 50.1 Å². The Morgan fingerprint density at radius 2 is 2.12 bits per heavy atom. The molecule has 2 N–H and O–H groups in total. The van der Waals surface area contributed by atoms with Crippen molar-refractivity contribution in [2.24, 2.45) is 0 Å². The van der Waals surface area contributed by atoms with Gasteiger partial charge in [-0.1, -0.05) is 13.8 Å². The van der Waals surface area contributed by atoms with Gasteiger partial charge in [0.15, 0.2) is 5.69 Å². The van der Waals surface area contributed by atoms with E-state index in [2.05, 4.69) is 10.4 Å². The van der Waals surface area contributed by atoms with Crippen molar-refractivity contribution < 1.29 is 18.3 Å². The second-order valence-corrected chi connectivity index (χ2v) is 4.12. The predicted octanol–water partition coefficient (Wildman–Crippen LogP) is 1.26. The summed E-state index contributed by atoms with van der Waals surface area (Å²) >= 11 is 0. The average Bonchev–Trinajstić information content (AvgIpc) is 2.63. The fourth-order valence-electron chi connectivity index (χ4n) is 1.47. The van der Waals surface area contributed by atoms with Gasteiger partial charge in [0.25, 0.3) is 0 Å². The molecule has 0 radical (unpaired) electrons. The van der Waals surface area contributed by atoms with E-state index in [-0.39, 0.29) is 25.2 Å². The first-order valence-electron chi connectivity index (χ1n) is 5.30. The minimum absolute atomic E-state index is 0.143. The molecule has 0 bridgehead atoms. The van der Waals surface area contributed by atoms with Crippen LogP contribution in [0.1, 0.15) is 19.5 Å². The van der Waals surface area contributed by atoms with E-state index in [9.17, 15) is 13.2 Å². The summed E-state index contributed by atoms with van der Waals surface area (Å²) in [7, 11) is 0. The number of aromatic nitrogens is 2. The molecule has 1 rings (SSSR count). The molecule has 0 aliphatic rings. The summed E-state index contributed by atoms with van der Waals surface area (Å²) < 4.78 is 38.0. The van der Waals surface area contributed by atoms with Crippen LogP contribution in [0.4, 0.5) is 13.2 Å². The van der Waals surface area contributed by atoms with Crippen LogP contribution in [-0.2, 0) is 12.7 Å². The molecule has 1 atom stereocenters. The zero-order valence-electron chi connectivity index (χ0n) is 9.70. The highest BCUT2D eigenvalue weighted by molar-refractivity contribution is 5.03. The largest absolute Gasteiger partial charge is 0.435 e. The average molecular weight is 251 g/mol. The van der Waals surface area contributed by atoms with Crippen molar-refractivity contribution in [1.29, 1.82) is 0 Å². The van der Waals surface area contributed by atoms with E-state index in [0.717, 1.165) is 6.07 Å². The molecule has 1 unspecified atom stereocenters. The van der Waals surface area contributed by atoms with Gasteiger partial charge in [0.1, 0.15) is 0 Å². The molecule has 0 aliphatic carbocycles. The van der Waals surface area contributed by atoms with Crippen molar-refractivity contribution in [1.82, 2.24) is 15.1 Å². The second-order valence-electron chi connectivity index (χ2n) is 4.12. The molecule has 98 valence electrons. The lowest BCUT2D eigenvalue weighted by atomic mass is 10.2. The molecule has 1 aromatic rings. The predicted molar refractivity (Wildman–Crippen MR) is 56.4 cm³/mol. The van der Waals surface area contributed by atoms with Gasteiger partial charge in [-0.25, -0.2) is 0 Å². The van der Waals surface area contributed by atoms with Crippen LogP contribution in [0.25, 0.3) is 0 Å². The number of hydrogen-bond acceptors (Lipinski definition) is 3. The van der Waals surface area contributed by atoms with E-state index >= 15 is 0 Å². The van der Waals surface area contributed by atoms with Gasteiger partial charge in [-0.2, -0.15) is 18.3 Å². The van der Waals surface area contributed by atoms with Crippen LogP contribution in [-0.4, -0.2) is 33.6 Å². The maximum atomic E-state index is 12.3. The number of nitrogens with zero attached hydrogens (tertiary/aromatic N) is 2. The molecule has 0 saturated heterocycles. The lowest BCUT2D eigenvalue weighted by Gasteiger charge is -2.18. The van der Waals surface area contributed by atoms with Gasteiger partial charge in [0.2, 0.25) is 0 Å². The Bertz CT molecular complexity index is 349. The summed E-state index contributed by atoms with van der Waals surface area (Å²) in [5.41, 5.74) is -0.918. The minimum Gasteiger partial charge on any atom is -0.395 e. The Labute approximate surface area is 97.4 Å². The van der Waals surface area contributed by atoms with Gasteiger partial charge in [0, 0.05) is 18.3 Å². The van der Waals surface area contributed by atoms with E-state index in [4.69, 9.17) is 5.11 Å². The van der Waals surface area contributed by atoms with Crippen LogP contribution in [0.15, 0.2) is 12.3 Å². The molecule has 0 aromatic carbocycles. The summed E-state index contributed by atoms with van der Waals surface area (Å²) in [5, 5.41) is 15.5. The Balaban J connectivity index is 2.65. The molecular formula is C10H16F3N3O. The van der Waals surface area contributed by atoms with Crippen molar-refractivity contribution in [3.05, 3.63) is 18.0 Å². The van der Waals surface area contributed by atoms with E-state index in [1.807, 2.05) is 13.8 Å². The number of halogens is 3. The highest BCUT2D eigenvalue weighted by atomic mass is 19.4. The Kier molecular flexibility index (Phi) is 4.53. The first-order valence-corrected chi connectivity index (χ1v) is 5.30. The number of nitrogens with one attached hydrogen (secondary N) is 1. The van der Waals surface area contributed by atoms with Crippen LogP contribution in [0.5, 0.6) is 0 Å². The van der Waals surface area contributed by atoms with Crippen molar-refractivity contribution in [2.45, 2.75) is 38.7 Å². The van der Waals surface area contributed by atoms with E-state index in [1.165, 1.54) is 10.9 Å². The highest BCUT2D eigenvalue weighted by Gasteiger charge is 2.33. The van der Waals surface area contributed by atoms with Gasteiger partial charge < -0.3 is 10.4 Å². The molecule has 0 amide bonds. The number of aliphatic hydroxyl groups excluding tert-OH is 1. The van der Waals surface area contributed by atoms with Crippen LogP contribution in [0.2, 0.25) is 0 Å². The van der Waals surface area contributed by atoms with Crippen molar-refractivity contribution in [3.63, 3.8) is 0 Å². The third-order valence-electron chi connectivity index (χ3n) is 2.13. The van der Waals surface area contributed by atoms with Crippen LogP contribution in [0.3, 0.4) is 0 Å². The zero-order chi connectivity index (χ0) is 13.1. The maximum absolute atomic E-state index is 12.3. The fraction of sp³-hybridized carbons (Fsp3) is 0.700. The molecule has 1 heterocycles. The van der Waals surface area contributed by atoms with Gasteiger partial charge in [-0.05, 0) is 6.07 Å². The molecule has 17 heavy (non-hydrogen) atoms. The third-order valence-corrected chi connectivity index (χ3v) is 2.13. The second kappa shape index (κ2) is 5.50. The monoisotopic (exact) mass is 251 g/mol. The van der Waals surface area contributed by atoms with Gasteiger partial charge in [-0.3, -0.25) is 4.68 Å². The summed E-state index contributed by atoms with van der Waals surface area (Å²) in [6, 6.07) is 0.755. The van der Waals surface area contributed by atoms with E-state index < -0.39 is 11.9 Å². The fourth-order valence-corrected chi connectivity index (χ4v) is 1.47. The van der Waals surface area contributed by atoms with Crippen LogP contribution >= 0.6 is 0 Å². The normalized spacial score (nSPS) is 14.3. The first kappa shape index (κ1) is 14.0. The van der Waals surface area contributed by atoms with Crippen molar-refractivity contribution in [3.8, 4) is 0 Å². The molecule has 0 spiro atoms. The summed E-state index contributed by atoms with van der Waals surface area (Å²) in [6.07, 6.45) is -3.17. The molecule has 0 saturated carbocycles. The van der Waals surface area contributed by atoms with Gasteiger partial charge >= 0.3 is 6.18 Å². The van der Waals surface area contributed by atoms with Gasteiger partial charge in [-0.15, -0.1) is 0 Å². The molecule has 4 nitrogen and oxygen atoms in total. The van der Waals surface area contributed by atoms with Gasteiger partial charge in [0.05, 0.1) is 13.2 Å². The summed E-state index contributed by atoms with van der Waals surface area (Å²) in [6.45, 7) is 3.84. The number of hydrogen-bond donors (Lipinski definition) is 2. The number of rotatable bonds is 5. The maximum Gasteiger partial charge on any atom is 0.435 e. The Hall–Kier alpha value is -1.08. The van der Waals surface area contributed by atoms with Crippen LogP contribution in [0, 0.1) is 0 Å². The van der Waals surface area contributed by atoms with Crippen LogP contribution < -0.4 is 5.32 Å². The van der Waals surface area contributed by atoms with E-state index in [1.54, 1.807) is 0 Å². The molecule has 0 fully saturated rings. The third kappa shape index (κ3) is 4.35. The number of alkyl halides is 3. The molecule has 7 heteroatoms. The van der Waals surface area contributed by atoms with Crippen molar-refractivity contribution >= 4 is 0 Å². The quantitative estimate of drug-likeness (QED) is 0.828. The lowest BCUT2D eigenvalue weighted by molar-refractivity contribution is -0.141. The molecule has 1 aromatic heterocycles. The summed E-state index contributed by atoms with van der Waals surface area (Å²) in [5.74, 6) is 0. The number of aliphatic hydroxyl groups is 1.